The van der Waals surface area contributed by atoms with E-state index in [4.69, 9.17) is 21.3 Å². The Morgan fingerprint density at radius 2 is 1.97 bits per heavy atom. The molecule has 4 rings (SSSR count). The van der Waals surface area contributed by atoms with Crippen molar-refractivity contribution in [2.24, 2.45) is 16.3 Å². The van der Waals surface area contributed by atoms with Crippen molar-refractivity contribution < 1.29 is 9.53 Å². The van der Waals surface area contributed by atoms with Crippen LogP contribution >= 0.6 is 22.9 Å². The monoisotopic (exact) mass is 506 g/mol. The normalized spacial score (nSPS) is 15.6. The molecule has 1 amide bonds. The molecule has 1 heterocycles. The van der Waals surface area contributed by atoms with Crippen LogP contribution in [-0.4, -0.2) is 18.7 Å². The summed E-state index contributed by atoms with van der Waals surface area (Å²) in [5, 5.41) is 4.40. The predicted molar refractivity (Wildman–Crippen MR) is 148 cm³/mol. The highest BCUT2D eigenvalue weighted by molar-refractivity contribution is 7.16. The van der Waals surface area contributed by atoms with Gasteiger partial charge in [-0.1, -0.05) is 57.2 Å². The number of amides is 1. The van der Waals surface area contributed by atoms with Gasteiger partial charge < -0.3 is 10.1 Å². The lowest BCUT2D eigenvalue weighted by atomic mass is 9.72. The van der Waals surface area contributed by atoms with Crippen molar-refractivity contribution in [1.29, 1.82) is 0 Å². The molecular weight excluding hydrogens is 476 g/mol. The Morgan fingerprint density at radius 1 is 1.23 bits per heavy atom. The first-order chi connectivity index (χ1) is 16.8. The summed E-state index contributed by atoms with van der Waals surface area (Å²) < 4.78 is 5.78. The van der Waals surface area contributed by atoms with Gasteiger partial charge >= 0.3 is 0 Å². The summed E-state index contributed by atoms with van der Waals surface area (Å²) in [5.74, 6) is 1.17. The topological polar surface area (TPSA) is 50.7 Å². The number of nitrogens with zero attached hydrogens (tertiary/aromatic N) is 1. The fourth-order valence-electron chi connectivity index (χ4n) is 4.36. The molecule has 0 saturated heterocycles. The predicted octanol–water partition coefficient (Wildman–Crippen LogP) is 8.12. The van der Waals surface area contributed by atoms with E-state index in [9.17, 15) is 4.79 Å². The van der Waals surface area contributed by atoms with E-state index in [1.807, 2.05) is 36.4 Å². The Kier molecular flexibility index (Phi) is 7.78. The Hall–Kier alpha value is -2.89. The molecule has 0 unspecified atom stereocenters. The van der Waals surface area contributed by atoms with E-state index in [0.717, 1.165) is 41.1 Å². The Bertz CT molecular complexity index is 1240. The van der Waals surface area contributed by atoms with Crippen LogP contribution in [0.2, 0.25) is 5.02 Å². The van der Waals surface area contributed by atoms with Gasteiger partial charge in [-0.3, -0.25) is 4.79 Å². The number of carbonyl (C=O) groups is 1. The molecule has 0 aliphatic heterocycles. The van der Waals surface area contributed by atoms with Crippen LogP contribution in [0.25, 0.3) is 0 Å². The molecule has 1 aromatic heterocycles. The standard InChI is InChI=1S/C29H31ClN2O2S/c1-5-16-34-24-9-7-6-8-19(24)18-31-28-26(27(33)32-22-13-11-21(30)12-14-22)23-15-10-20(29(2,3)4)17-25(23)35-28/h5-9,11-14,18,20H,1,10,15-17H2,2-4H3,(H,32,33)/t20-/m1/s1. The number of hydrogen-bond acceptors (Lipinski definition) is 4. The number of nitrogens with one attached hydrogen (secondary N) is 1. The molecule has 35 heavy (non-hydrogen) atoms. The zero-order valence-electron chi connectivity index (χ0n) is 20.4. The van der Waals surface area contributed by atoms with Crippen molar-refractivity contribution in [2.75, 3.05) is 11.9 Å². The molecule has 4 nitrogen and oxygen atoms in total. The zero-order chi connectivity index (χ0) is 25.0. The number of rotatable bonds is 7. The third-order valence-electron chi connectivity index (χ3n) is 6.40. The second-order valence-electron chi connectivity index (χ2n) is 9.85. The third-order valence-corrected chi connectivity index (χ3v) is 7.81. The molecule has 0 fully saturated rings. The number of anilines is 1. The van der Waals surface area contributed by atoms with Gasteiger partial charge in [0.25, 0.3) is 5.91 Å². The number of ether oxygens (including phenoxy) is 1. The van der Waals surface area contributed by atoms with Gasteiger partial charge in [0.15, 0.2) is 0 Å². The number of hydrogen-bond donors (Lipinski definition) is 1. The Balaban J connectivity index is 1.70. The van der Waals surface area contributed by atoms with Crippen molar-refractivity contribution >= 4 is 45.7 Å². The van der Waals surface area contributed by atoms with Crippen LogP contribution in [0.4, 0.5) is 10.7 Å². The van der Waals surface area contributed by atoms with Gasteiger partial charge in [0.2, 0.25) is 0 Å². The van der Waals surface area contributed by atoms with Crippen LogP contribution < -0.4 is 10.1 Å². The maximum absolute atomic E-state index is 13.5. The number of benzene rings is 2. The highest BCUT2D eigenvalue weighted by Crippen LogP contribution is 2.45. The summed E-state index contributed by atoms with van der Waals surface area (Å²) in [5.41, 5.74) is 3.59. The summed E-state index contributed by atoms with van der Waals surface area (Å²) >= 11 is 7.65. The minimum atomic E-state index is -0.137. The zero-order valence-corrected chi connectivity index (χ0v) is 22.0. The number of thiophene rings is 1. The Labute approximate surface area is 216 Å². The summed E-state index contributed by atoms with van der Waals surface area (Å²) in [7, 11) is 0. The minimum absolute atomic E-state index is 0.137. The van der Waals surface area contributed by atoms with Gasteiger partial charge in [0.05, 0.1) is 5.56 Å². The van der Waals surface area contributed by atoms with Crippen LogP contribution in [0.1, 0.15) is 53.6 Å². The molecule has 0 saturated carbocycles. The SMILES string of the molecule is C=CCOc1ccccc1C=Nc1sc2c(c1C(=O)Nc1ccc(Cl)cc1)CC[C@@H](C(C)(C)C)C2. The van der Waals surface area contributed by atoms with Crippen molar-refractivity contribution in [3.8, 4) is 5.75 Å². The lowest BCUT2D eigenvalue weighted by molar-refractivity contribution is 0.102. The van der Waals surface area contributed by atoms with Crippen LogP contribution in [0.15, 0.2) is 66.2 Å². The van der Waals surface area contributed by atoms with Crippen molar-refractivity contribution in [2.45, 2.75) is 40.0 Å². The lowest BCUT2D eigenvalue weighted by Crippen LogP contribution is -2.27. The molecular formula is C29H31ClN2O2S. The van der Waals surface area contributed by atoms with Crippen molar-refractivity contribution in [3.05, 3.63) is 87.8 Å². The quantitative estimate of drug-likeness (QED) is 0.260. The number of aliphatic imine (C=N–C) groups is 1. The fourth-order valence-corrected chi connectivity index (χ4v) is 5.75. The number of para-hydroxylation sites is 1. The van der Waals surface area contributed by atoms with Gasteiger partial charge in [-0.2, -0.15) is 0 Å². The third kappa shape index (κ3) is 6.03. The van der Waals surface area contributed by atoms with E-state index in [0.29, 0.717) is 28.8 Å². The summed E-state index contributed by atoms with van der Waals surface area (Å²) in [6.45, 7) is 11.0. The van der Waals surface area contributed by atoms with E-state index < -0.39 is 0 Å². The van der Waals surface area contributed by atoms with Crippen LogP contribution in [0, 0.1) is 11.3 Å². The van der Waals surface area contributed by atoms with E-state index in [-0.39, 0.29) is 11.3 Å². The van der Waals surface area contributed by atoms with Crippen LogP contribution in [0.3, 0.4) is 0 Å². The lowest BCUT2D eigenvalue weighted by Gasteiger charge is -2.33. The van der Waals surface area contributed by atoms with Gasteiger partial charge in [0, 0.05) is 27.4 Å². The highest BCUT2D eigenvalue weighted by Gasteiger charge is 2.33. The van der Waals surface area contributed by atoms with E-state index in [2.05, 4.69) is 32.7 Å². The number of carbonyl (C=O) groups excluding carboxylic acids is 1. The maximum Gasteiger partial charge on any atom is 0.259 e. The molecule has 3 aromatic rings. The minimum Gasteiger partial charge on any atom is -0.489 e. The van der Waals surface area contributed by atoms with Crippen LogP contribution in [-0.2, 0) is 12.8 Å². The molecule has 0 bridgehead atoms. The largest absolute Gasteiger partial charge is 0.489 e. The molecule has 0 spiro atoms. The second kappa shape index (κ2) is 10.8. The Morgan fingerprint density at radius 3 is 2.69 bits per heavy atom. The van der Waals surface area contributed by atoms with Gasteiger partial charge in [-0.25, -0.2) is 4.99 Å². The highest BCUT2D eigenvalue weighted by atomic mass is 35.5. The van der Waals surface area contributed by atoms with Gasteiger partial charge in [-0.15, -0.1) is 11.3 Å². The second-order valence-corrected chi connectivity index (χ2v) is 11.4. The van der Waals surface area contributed by atoms with Gasteiger partial charge in [0.1, 0.15) is 17.4 Å². The maximum atomic E-state index is 13.5. The van der Waals surface area contributed by atoms with Crippen molar-refractivity contribution in [1.82, 2.24) is 0 Å². The molecule has 6 heteroatoms. The molecule has 182 valence electrons. The molecule has 1 aliphatic carbocycles. The molecule has 1 atom stereocenters. The van der Waals surface area contributed by atoms with E-state index in [1.165, 1.54) is 4.88 Å². The van der Waals surface area contributed by atoms with Crippen molar-refractivity contribution in [3.63, 3.8) is 0 Å². The average molecular weight is 507 g/mol. The molecule has 2 aromatic carbocycles. The molecule has 1 N–H and O–H groups in total. The number of fused-ring (bicyclic) bond motifs is 1. The van der Waals surface area contributed by atoms with E-state index >= 15 is 0 Å². The first-order valence-electron chi connectivity index (χ1n) is 11.8. The number of halogens is 1. The van der Waals surface area contributed by atoms with Gasteiger partial charge in [-0.05, 0) is 72.6 Å². The fraction of sp³-hybridized carbons (Fsp3) is 0.310. The summed E-state index contributed by atoms with van der Waals surface area (Å²) in [6.07, 6.45) is 6.42. The summed E-state index contributed by atoms with van der Waals surface area (Å²) in [4.78, 5) is 19.6. The first-order valence-corrected chi connectivity index (χ1v) is 13.0. The molecule has 1 aliphatic rings. The smallest absolute Gasteiger partial charge is 0.259 e. The van der Waals surface area contributed by atoms with Crippen LogP contribution in [0.5, 0.6) is 5.75 Å². The average Bonchev–Trinajstić information content (AvgIpc) is 3.20. The summed E-state index contributed by atoms with van der Waals surface area (Å²) in [6, 6.07) is 14.9. The van der Waals surface area contributed by atoms with E-state index in [1.54, 1.807) is 35.8 Å². The molecule has 0 radical (unpaired) electrons. The first kappa shape index (κ1) is 25.2.